The maximum atomic E-state index is 5.86. The monoisotopic (exact) mass is 237 g/mol. The summed E-state index contributed by atoms with van der Waals surface area (Å²) in [6.07, 6.45) is 0. The number of hydrogen-bond donors (Lipinski definition) is 1. The Labute approximate surface area is 98.5 Å². The minimum absolute atomic E-state index is 0.586. The number of aryl methyl sites for hydroxylation is 1. The van der Waals surface area contributed by atoms with Gasteiger partial charge in [-0.05, 0) is 41.1 Å². The molecule has 0 fully saturated rings. The molecule has 0 unspecified atom stereocenters. The molecule has 0 amide bonds. The van der Waals surface area contributed by atoms with Gasteiger partial charge in [-0.3, -0.25) is 0 Å². The maximum absolute atomic E-state index is 5.86. The van der Waals surface area contributed by atoms with E-state index >= 15 is 0 Å². The van der Waals surface area contributed by atoms with Crippen molar-refractivity contribution >= 4 is 22.9 Å². The Balaban J connectivity index is 2.52. The van der Waals surface area contributed by atoms with Crippen molar-refractivity contribution in [3.05, 3.63) is 45.1 Å². The smallest absolute Gasteiger partial charge is 0.0406 e. The van der Waals surface area contributed by atoms with Gasteiger partial charge in [0.1, 0.15) is 0 Å². The number of nitrogens with two attached hydrogens (primary N) is 1. The lowest BCUT2D eigenvalue weighted by Gasteiger charge is -2.04. The van der Waals surface area contributed by atoms with E-state index in [0.717, 1.165) is 5.02 Å². The molecule has 0 atom stereocenters. The first-order valence-corrected chi connectivity index (χ1v) is 6.01. The molecule has 2 rings (SSSR count). The van der Waals surface area contributed by atoms with Crippen LogP contribution in [0, 0.1) is 6.92 Å². The fraction of sp³-hybridized carbons (Fsp3) is 0.167. The van der Waals surface area contributed by atoms with Gasteiger partial charge in [-0.25, -0.2) is 0 Å². The van der Waals surface area contributed by atoms with E-state index in [2.05, 4.69) is 12.3 Å². The molecular formula is C12H12ClNS. The zero-order valence-electron chi connectivity index (χ0n) is 8.46. The number of hydrogen-bond acceptors (Lipinski definition) is 2. The molecule has 0 bridgehead atoms. The summed E-state index contributed by atoms with van der Waals surface area (Å²) >= 11 is 7.61. The summed E-state index contributed by atoms with van der Waals surface area (Å²) in [6.45, 7) is 2.70. The fourth-order valence-corrected chi connectivity index (χ4v) is 2.68. The lowest BCUT2D eigenvalue weighted by atomic mass is 10.0. The number of benzene rings is 1. The molecular weight excluding hydrogens is 226 g/mol. The van der Waals surface area contributed by atoms with Crippen LogP contribution in [0.5, 0.6) is 0 Å². The minimum atomic E-state index is 0.586. The predicted molar refractivity (Wildman–Crippen MR) is 67.4 cm³/mol. The van der Waals surface area contributed by atoms with Crippen LogP contribution in [0.15, 0.2) is 29.6 Å². The lowest BCUT2D eigenvalue weighted by molar-refractivity contribution is 1.08. The second-order valence-electron chi connectivity index (χ2n) is 3.40. The van der Waals surface area contributed by atoms with E-state index in [0.29, 0.717) is 6.54 Å². The van der Waals surface area contributed by atoms with E-state index in [1.54, 1.807) is 11.3 Å². The van der Waals surface area contributed by atoms with E-state index < -0.39 is 0 Å². The fourth-order valence-electron chi connectivity index (χ4n) is 1.66. The van der Waals surface area contributed by atoms with Crippen LogP contribution in [-0.2, 0) is 6.54 Å². The molecule has 1 aromatic carbocycles. The van der Waals surface area contributed by atoms with Crippen LogP contribution in [0.3, 0.4) is 0 Å². The molecule has 78 valence electrons. The Hall–Kier alpha value is -0.830. The van der Waals surface area contributed by atoms with Crippen molar-refractivity contribution in [2.75, 3.05) is 0 Å². The highest BCUT2D eigenvalue weighted by atomic mass is 35.5. The summed E-state index contributed by atoms with van der Waals surface area (Å²) < 4.78 is 0. The van der Waals surface area contributed by atoms with Crippen LogP contribution in [0.25, 0.3) is 11.1 Å². The van der Waals surface area contributed by atoms with Gasteiger partial charge >= 0.3 is 0 Å². The topological polar surface area (TPSA) is 26.0 Å². The summed E-state index contributed by atoms with van der Waals surface area (Å²) in [5.74, 6) is 0. The van der Waals surface area contributed by atoms with E-state index in [9.17, 15) is 0 Å². The SMILES string of the molecule is Cc1scc(CN)c1-c1ccc(Cl)cc1. The average Bonchev–Trinajstić information content (AvgIpc) is 2.61. The molecule has 2 aromatic rings. The Morgan fingerprint density at radius 1 is 1.27 bits per heavy atom. The summed E-state index contributed by atoms with van der Waals surface area (Å²) in [5, 5.41) is 2.89. The molecule has 1 heterocycles. The molecule has 0 aliphatic heterocycles. The highest BCUT2D eigenvalue weighted by Crippen LogP contribution is 2.32. The molecule has 0 aliphatic rings. The third-order valence-electron chi connectivity index (χ3n) is 2.40. The Bertz CT molecular complexity index is 459. The van der Waals surface area contributed by atoms with Crippen LogP contribution in [-0.4, -0.2) is 0 Å². The van der Waals surface area contributed by atoms with Crippen LogP contribution >= 0.6 is 22.9 Å². The van der Waals surface area contributed by atoms with Gasteiger partial charge in [0.2, 0.25) is 0 Å². The molecule has 0 saturated heterocycles. The third kappa shape index (κ3) is 2.07. The molecule has 15 heavy (non-hydrogen) atoms. The van der Waals surface area contributed by atoms with E-state index in [1.165, 1.54) is 21.6 Å². The summed E-state index contributed by atoms with van der Waals surface area (Å²) in [7, 11) is 0. The first kappa shape index (κ1) is 10.7. The standard InChI is InChI=1S/C12H12ClNS/c1-8-12(10(6-14)7-15-8)9-2-4-11(13)5-3-9/h2-5,7H,6,14H2,1H3. The van der Waals surface area contributed by atoms with Crippen molar-refractivity contribution in [3.63, 3.8) is 0 Å². The van der Waals surface area contributed by atoms with Crippen LogP contribution in [0.1, 0.15) is 10.4 Å². The molecule has 1 aromatic heterocycles. The number of halogens is 1. The highest BCUT2D eigenvalue weighted by molar-refractivity contribution is 7.10. The summed E-state index contributed by atoms with van der Waals surface area (Å²) in [5.41, 5.74) is 9.38. The van der Waals surface area contributed by atoms with Gasteiger partial charge in [-0.1, -0.05) is 23.7 Å². The van der Waals surface area contributed by atoms with E-state index in [1.807, 2.05) is 24.3 Å². The van der Waals surface area contributed by atoms with Gasteiger partial charge in [-0.2, -0.15) is 0 Å². The Morgan fingerprint density at radius 2 is 1.93 bits per heavy atom. The minimum Gasteiger partial charge on any atom is -0.326 e. The van der Waals surface area contributed by atoms with Crippen LogP contribution in [0.4, 0.5) is 0 Å². The zero-order valence-corrected chi connectivity index (χ0v) is 10.0. The molecule has 3 heteroatoms. The summed E-state index contributed by atoms with van der Waals surface area (Å²) in [6, 6.07) is 7.90. The van der Waals surface area contributed by atoms with Crippen molar-refractivity contribution in [1.29, 1.82) is 0 Å². The van der Waals surface area contributed by atoms with Gasteiger partial charge in [0.25, 0.3) is 0 Å². The van der Waals surface area contributed by atoms with Gasteiger partial charge < -0.3 is 5.73 Å². The van der Waals surface area contributed by atoms with Crippen LogP contribution < -0.4 is 5.73 Å². The Kier molecular flexibility index (Phi) is 3.10. The molecule has 0 aliphatic carbocycles. The quantitative estimate of drug-likeness (QED) is 0.844. The highest BCUT2D eigenvalue weighted by Gasteiger charge is 2.09. The van der Waals surface area contributed by atoms with Crippen molar-refractivity contribution in [3.8, 4) is 11.1 Å². The van der Waals surface area contributed by atoms with Crippen molar-refractivity contribution in [1.82, 2.24) is 0 Å². The largest absolute Gasteiger partial charge is 0.326 e. The second kappa shape index (κ2) is 4.35. The van der Waals surface area contributed by atoms with Gasteiger partial charge in [-0.15, -0.1) is 11.3 Å². The van der Waals surface area contributed by atoms with Crippen molar-refractivity contribution in [2.24, 2.45) is 5.73 Å². The first-order valence-electron chi connectivity index (χ1n) is 4.75. The van der Waals surface area contributed by atoms with Crippen molar-refractivity contribution < 1.29 is 0 Å². The third-order valence-corrected chi connectivity index (χ3v) is 3.62. The maximum Gasteiger partial charge on any atom is 0.0406 e. The Morgan fingerprint density at radius 3 is 2.53 bits per heavy atom. The normalized spacial score (nSPS) is 10.6. The second-order valence-corrected chi connectivity index (χ2v) is 4.92. The average molecular weight is 238 g/mol. The van der Waals surface area contributed by atoms with Gasteiger partial charge in [0.15, 0.2) is 0 Å². The summed E-state index contributed by atoms with van der Waals surface area (Å²) in [4.78, 5) is 1.30. The zero-order chi connectivity index (χ0) is 10.8. The predicted octanol–water partition coefficient (Wildman–Crippen LogP) is 3.84. The lowest BCUT2D eigenvalue weighted by Crippen LogP contribution is -1.96. The van der Waals surface area contributed by atoms with Crippen LogP contribution in [0.2, 0.25) is 5.02 Å². The number of rotatable bonds is 2. The number of thiophene rings is 1. The molecule has 0 spiro atoms. The van der Waals surface area contributed by atoms with E-state index in [4.69, 9.17) is 17.3 Å². The van der Waals surface area contributed by atoms with Gasteiger partial charge in [0.05, 0.1) is 0 Å². The van der Waals surface area contributed by atoms with Crippen molar-refractivity contribution in [2.45, 2.75) is 13.5 Å². The molecule has 0 saturated carbocycles. The van der Waals surface area contributed by atoms with E-state index in [-0.39, 0.29) is 0 Å². The molecule has 0 radical (unpaired) electrons. The first-order chi connectivity index (χ1) is 7.22. The molecule has 2 N–H and O–H groups in total. The molecule has 1 nitrogen and oxygen atoms in total. The van der Waals surface area contributed by atoms with Gasteiger partial charge in [0, 0.05) is 16.4 Å².